The van der Waals surface area contributed by atoms with Crippen LogP contribution in [-0.4, -0.2) is 25.9 Å². The van der Waals surface area contributed by atoms with Crippen LogP contribution >= 0.6 is 11.3 Å². The van der Waals surface area contributed by atoms with Crippen molar-refractivity contribution in [2.45, 2.75) is 32.2 Å². The van der Waals surface area contributed by atoms with Gasteiger partial charge >= 0.3 is 6.36 Å². The van der Waals surface area contributed by atoms with Crippen LogP contribution < -0.4 is 14.9 Å². The summed E-state index contributed by atoms with van der Waals surface area (Å²) in [7, 11) is 5.96. The van der Waals surface area contributed by atoms with Crippen LogP contribution in [0.25, 0.3) is 10.1 Å². The predicted octanol–water partition coefficient (Wildman–Crippen LogP) is 4.85. The van der Waals surface area contributed by atoms with Crippen molar-refractivity contribution in [3.05, 3.63) is 52.9 Å². The van der Waals surface area contributed by atoms with Gasteiger partial charge in [0.15, 0.2) is 0 Å². The molecule has 0 fully saturated rings. The Bertz CT molecular complexity index is 923. The van der Waals surface area contributed by atoms with Crippen LogP contribution in [0.3, 0.4) is 0 Å². The van der Waals surface area contributed by atoms with Gasteiger partial charge in [0, 0.05) is 21.2 Å². The summed E-state index contributed by atoms with van der Waals surface area (Å²) in [5.41, 5.74) is 0.0741. The predicted molar refractivity (Wildman–Crippen MR) is 105 cm³/mol. The highest BCUT2D eigenvalue weighted by Crippen LogP contribution is 2.39. The molecular formula is C20H18BF3O3S. The van der Waals surface area contributed by atoms with Crippen LogP contribution in [0.4, 0.5) is 13.2 Å². The lowest BCUT2D eigenvalue weighted by Crippen LogP contribution is -2.21. The van der Waals surface area contributed by atoms with E-state index in [9.17, 15) is 18.3 Å². The Morgan fingerprint density at radius 2 is 1.89 bits per heavy atom. The van der Waals surface area contributed by atoms with Crippen LogP contribution in [0, 0.1) is 0 Å². The molecule has 0 spiro atoms. The van der Waals surface area contributed by atoms with E-state index < -0.39 is 18.2 Å². The second-order valence-electron chi connectivity index (χ2n) is 6.27. The molecule has 28 heavy (non-hydrogen) atoms. The number of fused-ring (bicyclic) bond motifs is 1. The highest BCUT2D eigenvalue weighted by Gasteiger charge is 2.34. The van der Waals surface area contributed by atoms with E-state index in [1.165, 1.54) is 17.4 Å². The first-order valence-corrected chi connectivity index (χ1v) is 9.58. The number of halogens is 3. The number of hydrogen-bond acceptors (Lipinski definition) is 4. The lowest BCUT2D eigenvalue weighted by Gasteiger charge is -2.20. The van der Waals surface area contributed by atoms with Crippen LogP contribution in [0.5, 0.6) is 11.5 Å². The largest absolute Gasteiger partial charge is 0.573 e. The van der Waals surface area contributed by atoms with E-state index in [1.807, 2.05) is 31.2 Å². The van der Waals surface area contributed by atoms with Gasteiger partial charge < -0.3 is 14.6 Å². The Hall–Kier alpha value is -2.19. The molecule has 0 aliphatic rings. The maximum Gasteiger partial charge on any atom is 0.573 e. The number of aliphatic hydroxyl groups excluding tert-OH is 1. The maximum absolute atomic E-state index is 12.9. The van der Waals surface area contributed by atoms with Gasteiger partial charge in [0.25, 0.3) is 0 Å². The summed E-state index contributed by atoms with van der Waals surface area (Å²) in [5.74, 6) is -0.432. The first-order valence-electron chi connectivity index (χ1n) is 8.77. The SMILES string of the molecule is [B]c1cc(C(O)c2cc3ccccc3s2)c(OC(F)(F)F)cc1OCCCC. The van der Waals surface area contributed by atoms with Crippen LogP contribution in [0.15, 0.2) is 42.5 Å². The van der Waals surface area contributed by atoms with E-state index in [0.717, 1.165) is 29.0 Å². The Labute approximate surface area is 166 Å². The van der Waals surface area contributed by atoms with E-state index in [4.69, 9.17) is 12.6 Å². The molecular weight excluding hydrogens is 388 g/mol. The molecule has 0 aliphatic heterocycles. The molecule has 0 amide bonds. The monoisotopic (exact) mass is 406 g/mol. The topological polar surface area (TPSA) is 38.7 Å². The van der Waals surface area contributed by atoms with Gasteiger partial charge in [-0.1, -0.05) is 43.1 Å². The van der Waals surface area contributed by atoms with Gasteiger partial charge in [-0.05, 0) is 23.9 Å². The van der Waals surface area contributed by atoms with E-state index in [1.54, 1.807) is 6.07 Å². The first kappa shape index (κ1) is 20.5. The average Bonchev–Trinajstić information content (AvgIpc) is 3.06. The fourth-order valence-electron chi connectivity index (χ4n) is 2.76. The molecule has 3 aromatic rings. The van der Waals surface area contributed by atoms with Crippen LogP contribution in [0.2, 0.25) is 0 Å². The summed E-state index contributed by atoms with van der Waals surface area (Å²) in [6, 6.07) is 11.6. The molecule has 1 atom stereocenters. The van der Waals surface area contributed by atoms with Gasteiger partial charge in [0.05, 0.1) is 6.61 Å². The summed E-state index contributed by atoms with van der Waals surface area (Å²) < 4.78 is 49.3. The minimum Gasteiger partial charge on any atom is -0.494 e. The molecule has 3 rings (SSSR count). The number of rotatable bonds is 7. The third kappa shape index (κ3) is 4.80. The molecule has 146 valence electrons. The normalized spacial score (nSPS) is 12.9. The Balaban J connectivity index is 2.00. The fourth-order valence-corrected chi connectivity index (χ4v) is 3.83. The quantitative estimate of drug-likeness (QED) is 0.450. The van der Waals surface area contributed by atoms with Crippen molar-refractivity contribution in [1.29, 1.82) is 0 Å². The number of unbranched alkanes of at least 4 members (excludes halogenated alkanes) is 1. The third-order valence-corrected chi connectivity index (χ3v) is 5.30. The average molecular weight is 406 g/mol. The molecule has 8 heteroatoms. The molecule has 1 unspecified atom stereocenters. The highest BCUT2D eigenvalue weighted by atomic mass is 32.1. The number of hydrogen-bond donors (Lipinski definition) is 1. The van der Waals surface area contributed by atoms with Gasteiger partial charge in [0.1, 0.15) is 25.4 Å². The lowest BCUT2D eigenvalue weighted by molar-refractivity contribution is -0.275. The number of benzene rings is 2. The Morgan fingerprint density at radius 1 is 1.14 bits per heavy atom. The summed E-state index contributed by atoms with van der Waals surface area (Å²) in [6.07, 6.45) is -4.62. The molecule has 1 aromatic heterocycles. The second kappa shape index (κ2) is 8.45. The molecule has 0 saturated heterocycles. The molecule has 0 saturated carbocycles. The van der Waals surface area contributed by atoms with Crippen molar-refractivity contribution in [3.63, 3.8) is 0 Å². The lowest BCUT2D eigenvalue weighted by atomic mass is 9.90. The van der Waals surface area contributed by atoms with E-state index in [2.05, 4.69) is 4.74 Å². The van der Waals surface area contributed by atoms with Crippen molar-refractivity contribution in [2.24, 2.45) is 0 Å². The second-order valence-corrected chi connectivity index (χ2v) is 7.38. The summed E-state index contributed by atoms with van der Waals surface area (Å²) in [5, 5.41) is 11.7. The van der Waals surface area contributed by atoms with Crippen molar-refractivity contribution >= 4 is 34.7 Å². The molecule has 0 bridgehead atoms. The van der Waals surface area contributed by atoms with Crippen LogP contribution in [-0.2, 0) is 0 Å². The molecule has 2 radical (unpaired) electrons. The van der Waals surface area contributed by atoms with Gasteiger partial charge in [-0.25, -0.2) is 0 Å². The number of aliphatic hydroxyl groups is 1. The van der Waals surface area contributed by atoms with Crippen molar-refractivity contribution in [3.8, 4) is 11.5 Å². The van der Waals surface area contributed by atoms with Gasteiger partial charge in [-0.2, -0.15) is 0 Å². The Kier molecular flexibility index (Phi) is 6.20. The first-order chi connectivity index (χ1) is 13.3. The number of thiophene rings is 1. The molecule has 0 aliphatic carbocycles. The van der Waals surface area contributed by atoms with Gasteiger partial charge in [-0.15, -0.1) is 24.5 Å². The molecule has 1 heterocycles. The third-order valence-electron chi connectivity index (χ3n) is 4.13. The summed E-state index contributed by atoms with van der Waals surface area (Å²) >= 11 is 1.29. The zero-order valence-electron chi connectivity index (χ0n) is 15.1. The van der Waals surface area contributed by atoms with Gasteiger partial charge in [-0.3, -0.25) is 0 Å². The minimum absolute atomic E-state index is 0.0655. The smallest absolute Gasteiger partial charge is 0.494 e. The van der Waals surface area contributed by atoms with E-state index in [-0.39, 0.29) is 16.8 Å². The minimum atomic E-state index is -4.91. The number of ether oxygens (including phenoxy) is 2. The zero-order valence-corrected chi connectivity index (χ0v) is 15.9. The van der Waals surface area contributed by atoms with E-state index >= 15 is 0 Å². The fraction of sp³-hybridized carbons (Fsp3) is 0.300. The maximum atomic E-state index is 12.9. The summed E-state index contributed by atoms with van der Waals surface area (Å²) in [4.78, 5) is 0.493. The standard InChI is InChI=1S/C20H18BF3O3S/c1-2-3-8-26-16-11-15(27-20(22,23)24)13(10-14(16)21)19(25)18-9-12-6-4-5-7-17(12)28-18/h4-7,9-11,19,25H,2-3,8H2,1H3. The zero-order chi connectivity index (χ0) is 20.3. The molecule has 3 nitrogen and oxygen atoms in total. The van der Waals surface area contributed by atoms with Crippen LogP contribution in [0.1, 0.15) is 36.3 Å². The van der Waals surface area contributed by atoms with Gasteiger partial charge in [0.2, 0.25) is 0 Å². The molecule has 1 N–H and O–H groups in total. The van der Waals surface area contributed by atoms with Crippen molar-refractivity contribution in [2.75, 3.05) is 6.61 Å². The van der Waals surface area contributed by atoms with Crippen molar-refractivity contribution in [1.82, 2.24) is 0 Å². The van der Waals surface area contributed by atoms with Crippen molar-refractivity contribution < 1.29 is 27.8 Å². The number of alkyl halides is 3. The summed E-state index contributed by atoms with van der Waals surface area (Å²) in [6.45, 7) is 2.29. The Morgan fingerprint density at radius 3 is 2.57 bits per heavy atom. The molecule has 2 aromatic carbocycles. The van der Waals surface area contributed by atoms with E-state index in [0.29, 0.717) is 11.5 Å². The highest BCUT2D eigenvalue weighted by molar-refractivity contribution is 7.19.